The fourth-order valence-electron chi connectivity index (χ4n) is 1.95. The van der Waals surface area contributed by atoms with Gasteiger partial charge in [0.25, 0.3) is 0 Å². The zero-order chi connectivity index (χ0) is 14.5. The van der Waals surface area contributed by atoms with Crippen LogP contribution in [0.2, 0.25) is 0 Å². The summed E-state index contributed by atoms with van der Waals surface area (Å²) < 4.78 is 12.8. The van der Waals surface area contributed by atoms with Crippen LogP contribution in [0.15, 0.2) is 48.5 Å². The van der Waals surface area contributed by atoms with Gasteiger partial charge >= 0.3 is 0 Å². The molecule has 0 saturated carbocycles. The molecule has 1 amide bonds. The molecule has 2 aromatic carbocycles. The number of hydrogen-bond donors (Lipinski definition) is 2. The van der Waals surface area contributed by atoms with Gasteiger partial charge in [0, 0.05) is 5.69 Å². The lowest BCUT2D eigenvalue weighted by Crippen LogP contribution is -2.28. The van der Waals surface area contributed by atoms with Crippen molar-refractivity contribution in [3.63, 3.8) is 0 Å². The van der Waals surface area contributed by atoms with Crippen molar-refractivity contribution in [2.75, 3.05) is 5.73 Å². The Labute approximate surface area is 117 Å². The predicted octanol–water partition coefficient (Wildman–Crippen LogP) is 2.83. The third-order valence-corrected chi connectivity index (χ3v) is 3.09. The third-order valence-electron chi connectivity index (χ3n) is 3.09. The van der Waals surface area contributed by atoms with E-state index in [0.29, 0.717) is 12.1 Å². The Morgan fingerprint density at radius 3 is 2.35 bits per heavy atom. The second kappa shape index (κ2) is 6.19. The Balaban J connectivity index is 1.93. The molecule has 0 aliphatic heterocycles. The van der Waals surface area contributed by atoms with E-state index in [9.17, 15) is 9.18 Å². The molecule has 0 heterocycles. The maximum Gasteiger partial charge on any atom is 0.224 e. The van der Waals surface area contributed by atoms with Crippen molar-refractivity contribution in [1.29, 1.82) is 0 Å². The molecular formula is C16H17FN2O. The fourth-order valence-corrected chi connectivity index (χ4v) is 1.95. The molecule has 0 saturated heterocycles. The molecule has 0 spiro atoms. The van der Waals surface area contributed by atoms with E-state index in [4.69, 9.17) is 5.73 Å². The molecule has 0 bridgehead atoms. The number of anilines is 1. The van der Waals surface area contributed by atoms with Crippen molar-refractivity contribution < 1.29 is 9.18 Å². The predicted molar refractivity (Wildman–Crippen MR) is 77.5 cm³/mol. The number of hydrogen-bond acceptors (Lipinski definition) is 2. The molecule has 0 radical (unpaired) electrons. The van der Waals surface area contributed by atoms with E-state index in [0.717, 1.165) is 11.1 Å². The topological polar surface area (TPSA) is 55.1 Å². The molecule has 0 unspecified atom stereocenters. The number of benzene rings is 2. The third kappa shape index (κ3) is 3.82. The van der Waals surface area contributed by atoms with Gasteiger partial charge in [0.05, 0.1) is 12.5 Å². The summed E-state index contributed by atoms with van der Waals surface area (Å²) in [5, 5.41) is 2.89. The number of rotatable bonds is 4. The number of amides is 1. The molecule has 0 aliphatic carbocycles. The lowest BCUT2D eigenvalue weighted by Gasteiger charge is -2.14. The Morgan fingerprint density at radius 2 is 1.75 bits per heavy atom. The highest BCUT2D eigenvalue weighted by atomic mass is 19.1. The maximum absolute atomic E-state index is 12.8. The lowest BCUT2D eigenvalue weighted by atomic mass is 10.1. The van der Waals surface area contributed by atoms with E-state index in [1.165, 1.54) is 12.1 Å². The molecule has 104 valence electrons. The van der Waals surface area contributed by atoms with Gasteiger partial charge in [-0.15, -0.1) is 0 Å². The van der Waals surface area contributed by atoms with Crippen molar-refractivity contribution >= 4 is 11.6 Å². The van der Waals surface area contributed by atoms with Crippen LogP contribution in [0, 0.1) is 5.82 Å². The molecule has 20 heavy (non-hydrogen) atoms. The van der Waals surface area contributed by atoms with Crippen LogP contribution in [-0.4, -0.2) is 5.91 Å². The van der Waals surface area contributed by atoms with Gasteiger partial charge in [-0.3, -0.25) is 4.79 Å². The molecule has 3 nitrogen and oxygen atoms in total. The van der Waals surface area contributed by atoms with Gasteiger partial charge in [-0.05, 0) is 42.3 Å². The number of nitrogens with one attached hydrogen (secondary N) is 1. The zero-order valence-electron chi connectivity index (χ0n) is 11.3. The van der Waals surface area contributed by atoms with Crippen LogP contribution >= 0.6 is 0 Å². The number of halogens is 1. The summed E-state index contributed by atoms with van der Waals surface area (Å²) in [4.78, 5) is 11.9. The molecule has 4 heteroatoms. The summed E-state index contributed by atoms with van der Waals surface area (Å²) in [5.74, 6) is -0.360. The highest BCUT2D eigenvalue weighted by molar-refractivity contribution is 5.79. The molecule has 2 rings (SSSR count). The summed E-state index contributed by atoms with van der Waals surface area (Å²) in [6.45, 7) is 1.87. The first-order valence-electron chi connectivity index (χ1n) is 6.44. The Hall–Kier alpha value is -2.36. The van der Waals surface area contributed by atoms with Gasteiger partial charge in [0.1, 0.15) is 5.82 Å². The normalized spacial score (nSPS) is 11.9. The molecule has 3 N–H and O–H groups in total. The summed E-state index contributed by atoms with van der Waals surface area (Å²) in [5.41, 5.74) is 8.05. The van der Waals surface area contributed by atoms with Crippen molar-refractivity contribution in [1.82, 2.24) is 5.32 Å². The molecule has 0 aromatic heterocycles. The minimum atomic E-state index is -0.283. The minimum absolute atomic E-state index is 0.0772. The van der Waals surface area contributed by atoms with Crippen LogP contribution < -0.4 is 11.1 Å². The first-order valence-corrected chi connectivity index (χ1v) is 6.44. The molecular weight excluding hydrogens is 255 g/mol. The van der Waals surface area contributed by atoms with Gasteiger partial charge in [0.15, 0.2) is 0 Å². The highest BCUT2D eigenvalue weighted by Gasteiger charge is 2.10. The quantitative estimate of drug-likeness (QED) is 0.841. The minimum Gasteiger partial charge on any atom is -0.399 e. The molecule has 2 aromatic rings. The molecule has 0 aliphatic rings. The Morgan fingerprint density at radius 1 is 1.15 bits per heavy atom. The molecule has 0 fully saturated rings. The van der Waals surface area contributed by atoms with Gasteiger partial charge < -0.3 is 11.1 Å². The van der Waals surface area contributed by atoms with E-state index in [1.54, 1.807) is 24.3 Å². The van der Waals surface area contributed by atoms with Crippen LogP contribution in [0.3, 0.4) is 0 Å². The van der Waals surface area contributed by atoms with Gasteiger partial charge in [-0.1, -0.05) is 24.3 Å². The first kappa shape index (κ1) is 14.1. The maximum atomic E-state index is 12.8. The Kier molecular flexibility index (Phi) is 4.35. The number of carbonyl (C=O) groups excluding carboxylic acids is 1. The van der Waals surface area contributed by atoms with E-state index in [-0.39, 0.29) is 17.8 Å². The number of carbonyl (C=O) groups is 1. The summed E-state index contributed by atoms with van der Waals surface area (Å²) in [6, 6.07) is 13.2. The van der Waals surface area contributed by atoms with Crippen molar-refractivity contribution in [2.24, 2.45) is 0 Å². The van der Waals surface area contributed by atoms with E-state index in [1.807, 2.05) is 19.1 Å². The standard InChI is InChI=1S/C16H17FN2O/c1-11(13-4-6-14(17)7-5-13)19-16(20)10-12-2-8-15(18)9-3-12/h2-9,11H,10,18H2,1H3,(H,19,20)/t11-/m0/s1. The highest BCUT2D eigenvalue weighted by Crippen LogP contribution is 2.13. The number of nitrogens with two attached hydrogens (primary N) is 1. The fraction of sp³-hybridized carbons (Fsp3) is 0.188. The van der Waals surface area contributed by atoms with Crippen LogP contribution in [-0.2, 0) is 11.2 Å². The summed E-state index contributed by atoms with van der Waals surface area (Å²) >= 11 is 0. The van der Waals surface area contributed by atoms with E-state index >= 15 is 0 Å². The smallest absolute Gasteiger partial charge is 0.224 e. The second-order valence-corrected chi connectivity index (χ2v) is 4.76. The van der Waals surface area contributed by atoms with Gasteiger partial charge in [-0.25, -0.2) is 4.39 Å². The monoisotopic (exact) mass is 272 g/mol. The average Bonchev–Trinajstić information content (AvgIpc) is 2.42. The second-order valence-electron chi connectivity index (χ2n) is 4.76. The van der Waals surface area contributed by atoms with Crippen LogP contribution in [0.1, 0.15) is 24.1 Å². The van der Waals surface area contributed by atoms with Crippen molar-refractivity contribution in [3.8, 4) is 0 Å². The van der Waals surface area contributed by atoms with E-state index in [2.05, 4.69) is 5.32 Å². The molecule has 1 atom stereocenters. The lowest BCUT2D eigenvalue weighted by molar-refractivity contribution is -0.121. The number of nitrogen functional groups attached to an aromatic ring is 1. The first-order chi connectivity index (χ1) is 9.54. The van der Waals surface area contributed by atoms with Crippen LogP contribution in [0.4, 0.5) is 10.1 Å². The SMILES string of the molecule is C[C@H](NC(=O)Cc1ccc(N)cc1)c1ccc(F)cc1. The van der Waals surface area contributed by atoms with Crippen LogP contribution in [0.25, 0.3) is 0 Å². The zero-order valence-corrected chi connectivity index (χ0v) is 11.3. The van der Waals surface area contributed by atoms with E-state index < -0.39 is 0 Å². The van der Waals surface area contributed by atoms with Crippen molar-refractivity contribution in [3.05, 3.63) is 65.5 Å². The van der Waals surface area contributed by atoms with Crippen LogP contribution in [0.5, 0.6) is 0 Å². The summed E-state index contributed by atoms with van der Waals surface area (Å²) in [6.07, 6.45) is 0.297. The largest absolute Gasteiger partial charge is 0.399 e. The van der Waals surface area contributed by atoms with Crippen molar-refractivity contribution in [2.45, 2.75) is 19.4 Å². The Bertz CT molecular complexity index is 578. The van der Waals surface area contributed by atoms with Gasteiger partial charge in [-0.2, -0.15) is 0 Å². The van der Waals surface area contributed by atoms with Gasteiger partial charge in [0.2, 0.25) is 5.91 Å². The summed E-state index contributed by atoms with van der Waals surface area (Å²) in [7, 11) is 0. The average molecular weight is 272 g/mol.